The summed E-state index contributed by atoms with van der Waals surface area (Å²) < 4.78 is 10.5. The summed E-state index contributed by atoms with van der Waals surface area (Å²) in [5.74, 6) is 0. The Kier molecular flexibility index (Phi) is 2.83. The van der Waals surface area contributed by atoms with Crippen molar-refractivity contribution in [2.24, 2.45) is 0 Å². The molecular weight excluding hydrogens is 170 g/mol. The second kappa shape index (κ2) is 3.92. The minimum atomic E-state index is -0.256. The molecule has 0 radical (unpaired) electrons. The second-order valence-corrected chi connectivity index (χ2v) is 3.86. The fourth-order valence-electron chi connectivity index (χ4n) is 2.08. The molecule has 2 aliphatic heterocycles. The van der Waals surface area contributed by atoms with E-state index in [1.54, 1.807) is 0 Å². The van der Waals surface area contributed by atoms with Crippen LogP contribution in [0.3, 0.4) is 0 Å². The van der Waals surface area contributed by atoms with Gasteiger partial charge in [0.05, 0.1) is 26.3 Å². The monoisotopic (exact) mass is 187 g/mol. The van der Waals surface area contributed by atoms with Gasteiger partial charge >= 0.3 is 0 Å². The van der Waals surface area contributed by atoms with Crippen LogP contribution in [0.25, 0.3) is 0 Å². The summed E-state index contributed by atoms with van der Waals surface area (Å²) in [4.78, 5) is 0. The van der Waals surface area contributed by atoms with Crippen molar-refractivity contribution in [2.75, 3.05) is 32.9 Å². The SMILES string of the molecule is [O-][N+]1(C2COCCO2)CCCCC1. The van der Waals surface area contributed by atoms with Crippen LogP contribution in [0.15, 0.2) is 0 Å². The van der Waals surface area contributed by atoms with Gasteiger partial charge in [0.15, 0.2) is 0 Å². The summed E-state index contributed by atoms with van der Waals surface area (Å²) in [6.45, 7) is 3.09. The molecule has 4 heteroatoms. The fraction of sp³-hybridized carbons (Fsp3) is 1.00. The third-order valence-electron chi connectivity index (χ3n) is 2.90. The maximum Gasteiger partial charge on any atom is 0.216 e. The Morgan fingerprint density at radius 1 is 1.08 bits per heavy atom. The van der Waals surface area contributed by atoms with Gasteiger partial charge in [-0.1, -0.05) is 0 Å². The number of hydrogen-bond acceptors (Lipinski definition) is 3. The molecule has 2 saturated heterocycles. The molecule has 1 atom stereocenters. The van der Waals surface area contributed by atoms with E-state index in [4.69, 9.17) is 9.47 Å². The summed E-state index contributed by atoms with van der Waals surface area (Å²) >= 11 is 0. The Labute approximate surface area is 78.6 Å². The van der Waals surface area contributed by atoms with E-state index in [9.17, 15) is 5.21 Å². The van der Waals surface area contributed by atoms with Crippen LogP contribution in [0.1, 0.15) is 19.3 Å². The van der Waals surface area contributed by atoms with Gasteiger partial charge in [0.2, 0.25) is 6.23 Å². The molecule has 0 aromatic rings. The third-order valence-corrected chi connectivity index (χ3v) is 2.90. The van der Waals surface area contributed by atoms with Crippen molar-refractivity contribution in [2.45, 2.75) is 25.5 Å². The molecule has 0 spiro atoms. The number of hydroxylamine groups is 3. The highest BCUT2D eigenvalue weighted by molar-refractivity contribution is 4.60. The van der Waals surface area contributed by atoms with Crippen LogP contribution in [0.4, 0.5) is 0 Å². The summed E-state index contributed by atoms with van der Waals surface area (Å²) in [7, 11) is 0. The van der Waals surface area contributed by atoms with Gasteiger partial charge in [-0.3, -0.25) is 0 Å². The maximum absolute atomic E-state index is 12.2. The van der Waals surface area contributed by atoms with Crippen LogP contribution >= 0.6 is 0 Å². The molecule has 2 rings (SSSR count). The molecule has 0 aromatic heterocycles. The molecule has 0 saturated carbocycles. The second-order valence-electron chi connectivity index (χ2n) is 3.86. The van der Waals surface area contributed by atoms with Crippen LogP contribution in [0, 0.1) is 5.21 Å². The zero-order chi connectivity index (χ0) is 9.15. The van der Waals surface area contributed by atoms with Crippen molar-refractivity contribution < 1.29 is 14.1 Å². The number of piperidine rings is 1. The molecular formula is C9H17NO3. The summed E-state index contributed by atoms with van der Waals surface area (Å²) in [6, 6.07) is 0. The lowest BCUT2D eigenvalue weighted by atomic mass is 10.1. The number of quaternary nitrogens is 1. The van der Waals surface area contributed by atoms with Gasteiger partial charge in [0, 0.05) is 0 Å². The van der Waals surface area contributed by atoms with Crippen molar-refractivity contribution in [3.8, 4) is 0 Å². The molecule has 0 amide bonds. The Morgan fingerprint density at radius 3 is 2.46 bits per heavy atom. The average Bonchev–Trinajstić information content (AvgIpc) is 2.20. The molecule has 1 unspecified atom stereocenters. The zero-order valence-corrected chi connectivity index (χ0v) is 7.91. The lowest BCUT2D eigenvalue weighted by Crippen LogP contribution is -2.58. The number of hydrogen-bond donors (Lipinski definition) is 0. The Hall–Kier alpha value is -0.160. The van der Waals surface area contributed by atoms with E-state index in [0.29, 0.717) is 32.9 Å². The predicted octanol–water partition coefficient (Wildman–Crippen LogP) is 0.858. The van der Waals surface area contributed by atoms with E-state index in [0.717, 1.165) is 12.8 Å². The first kappa shape index (κ1) is 9.40. The number of likely N-dealkylation sites (tertiary alicyclic amines) is 1. The number of rotatable bonds is 1. The van der Waals surface area contributed by atoms with Crippen LogP contribution < -0.4 is 0 Å². The largest absolute Gasteiger partial charge is 0.631 e. The molecule has 0 aromatic carbocycles. The highest BCUT2D eigenvalue weighted by atomic mass is 16.7. The van der Waals surface area contributed by atoms with Crippen LogP contribution in [-0.2, 0) is 9.47 Å². The molecule has 2 heterocycles. The number of nitrogens with zero attached hydrogens (tertiary/aromatic N) is 1. The van der Waals surface area contributed by atoms with Gasteiger partial charge < -0.3 is 19.3 Å². The Bertz CT molecular complexity index is 162. The van der Waals surface area contributed by atoms with E-state index >= 15 is 0 Å². The van der Waals surface area contributed by atoms with E-state index < -0.39 is 0 Å². The van der Waals surface area contributed by atoms with Crippen LogP contribution in [-0.4, -0.2) is 43.8 Å². The lowest BCUT2D eigenvalue weighted by molar-refractivity contribution is -0.934. The van der Waals surface area contributed by atoms with Crippen molar-refractivity contribution in [3.63, 3.8) is 0 Å². The zero-order valence-electron chi connectivity index (χ0n) is 7.91. The average molecular weight is 187 g/mol. The number of ether oxygens (including phenoxy) is 2. The molecule has 13 heavy (non-hydrogen) atoms. The highest BCUT2D eigenvalue weighted by Gasteiger charge is 2.33. The first-order valence-electron chi connectivity index (χ1n) is 5.08. The van der Waals surface area contributed by atoms with Gasteiger partial charge in [0.1, 0.15) is 6.61 Å². The fourth-order valence-corrected chi connectivity index (χ4v) is 2.08. The molecule has 0 bridgehead atoms. The van der Waals surface area contributed by atoms with E-state index in [2.05, 4.69) is 0 Å². The molecule has 0 aliphatic carbocycles. The van der Waals surface area contributed by atoms with Crippen molar-refractivity contribution in [3.05, 3.63) is 5.21 Å². The minimum Gasteiger partial charge on any atom is -0.631 e. The molecule has 2 fully saturated rings. The van der Waals surface area contributed by atoms with Gasteiger partial charge in [-0.2, -0.15) is 0 Å². The molecule has 4 nitrogen and oxygen atoms in total. The molecule has 2 aliphatic rings. The third kappa shape index (κ3) is 2.02. The van der Waals surface area contributed by atoms with Crippen molar-refractivity contribution in [1.29, 1.82) is 0 Å². The normalized spacial score (nSPS) is 34.4. The summed E-state index contributed by atoms with van der Waals surface area (Å²) in [5.41, 5.74) is 0. The quantitative estimate of drug-likeness (QED) is 0.451. The van der Waals surface area contributed by atoms with Gasteiger partial charge in [-0.25, -0.2) is 0 Å². The highest BCUT2D eigenvalue weighted by Crippen LogP contribution is 2.23. The van der Waals surface area contributed by atoms with Crippen LogP contribution in [0.2, 0.25) is 0 Å². The lowest BCUT2D eigenvalue weighted by Gasteiger charge is -2.50. The van der Waals surface area contributed by atoms with Crippen molar-refractivity contribution in [1.82, 2.24) is 0 Å². The van der Waals surface area contributed by atoms with Gasteiger partial charge in [-0.05, 0) is 19.3 Å². The van der Waals surface area contributed by atoms with Gasteiger partial charge in [-0.15, -0.1) is 0 Å². The Balaban J connectivity index is 1.94. The van der Waals surface area contributed by atoms with E-state index in [1.807, 2.05) is 0 Å². The molecule has 0 N–H and O–H groups in total. The minimum absolute atomic E-state index is 0.181. The first-order valence-corrected chi connectivity index (χ1v) is 5.08. The summed E-state index contributed by atoms with van der Waals surface area (Å²) in [5, 5.41) is 12.2. The Morgan fingerprint density at radius 2 is 1.85 bits per heavy atom. The molecule has 76 valence electrons. The van der Waals surface area contributed by atoms with Gasteiger partial charge in [0.25, 0.3) is 0 Å². The van der Waals surface area contributed by atoms with E-state index in [1.165, 1.54) is 6.42 Å². The standard InChI is InChI=1S/C9H17NO3/c11-10(4-2-1-3-5-10)9-8-12-6-7-13-9/h9H,1-8H2. The maximum atomic E-state index is 12.2. The van der Waals surface area contributed by atoms with E-state index in [-0.39, 0.29) is 10.9 Å². The van der Waals surface area contributed by atoms with Crippen LogP contribution in [0.5, 0.6) is 0 Å². The van der Waals surface area contributed by atoms with Crippen molar-refractivity contribution >= 4 is 0 Å². The summed E-state index contributed by atoms with van der Waals surface area (Å²) in [6.07, 6.45) is 3.00. The predicted molar refractivity (Wildman–Crippen MR) is 47.8 cm³/mol. The topological polar surface area (TPSA) is 41.5 Å². The first-order chi connectivity index (χ1) is 6.31. The smallest absolute Gasteiger partial charge is 0.216 e.